The zero-order valence-corrected chi connectivity index (χ0v) is 14.7. The Hall–Kier alpha value is -3.26. The molecular formula is C19H19FN4O3. The van der Waals surface area contributed by atoms with Crippen LogP contribution in [0.15, 0.2) is 53.6 Å². The van der Waals surface area contributed by atoms with Crippen molar-refractivity contribution in [3.63, 3.8) is 0 Å². The number of anilines is 2. The topological polar surface area (TPSA) is 97.0 Å². The van der Waals surface area contributed by atoms with Gasteiger partial charge in [-0.2, -0.15) is 5.10 Å². The normalized spacial score (nSPS) is 16.1. The van der Waals surface area contributed by atoms with Crippen LogP contribution in [0.3, 0.4) is 0 Å². The van der Waals surface area contributed by atoms with Gasteiger partial charge in [-0.1, -0.05) is 12.1 Å². The van der Waals surface area contributed by atoms with Crippen LogP contribution in [0.4, 0.5) is 15.8 Å². The molecule has 0 aromatic heterocycles. The first-order chi connectivity index (χ1) is 13.0. The van der Waals surface area contributed by atoms with Crippen LogP contribution in [0, 0.1) is 5.82 Å². The maximum atomic E-state index is 13.1. The summed E-state index contributed by atoms with van der Waals surface area (Å²) >= 11 is 0. The summed E-state index contributed by atoms with van der Waals surface area (Å²) in [5, 5.41) is 8.34. The lowest BCUT2D eigenvalue weighted by atomic mass is 10.1. The van der Waals surface area contributed by atoms with Gasteiger partial charge in [0.05, 0.1) is 12.3 Å². The molecule has 0 saturated carbocycles. The molecule has 2 aromatic rings. The van der Waals surface area contributed by atoms with Crippen molar-refractivity contribution in [1.29, 1.82) is 0 Å². The Kier molecular flexibility index (Phi) is 5.46. The molecule has 1 heterocycles. The number of nitrogens with two attached hydrogens (primary N) is 1. The second kappa shape index (κ2) is 7.96. The Morgan fingerprint density at radius 3 is 2.70 bits per heavy atom. The molecule has 1 aliphatic rings. The number of nitrogens with one attached hydrogen (secondary N) is 1. The second-order valence-corrected chi connectivity index (χ2v) is 6.08. The Morgan fingerprint density at radius 1 is 1.30 bits per heavy atom. The maximum absolute atomic E-state index is 13.1. The number of nitrogens with zero attached hydrogens (tertiary/aromatic N) is 2. The molecule has 0 spiro atoms. The number of carbonyl (C=O) groups excluding carboxylic acids is 2. The van der Waals surface area contributed by atoms with Gasteiger partial charge in [0.1, 0.15) is 17.6 Å². The summed E-state index contributed by atoms with van der Waals surface area (Å²) in [5.41, 5.74) is 7.59. The number of hydrazone groups is 1. The summed E-state index contributed by atoms with van der Waals surface area (Å²) in [6.07, 6.45) is 0.0658. The van der Waals surface area contributed by atoms with Gasteiger partial charge < -0.3 is 15.8 Å². The van der Waals surface area contributed by atoms with Crippen molar-refractivity contribution >= 4 is 28.9 Å². The molecule has 2 amide bonds. The summed E-state index contributed by atoms with van der Waals surface area (Å²) in [5.74, 6) is -1.46. The maximum Gasteiger partial charge on any atom is 0.271 e. The molecule has 0 radical (unpaired) electrons. The van der Waals surface area contributed by atoms with Crippen LogP contribution >= 0.6 is 0 Å². The molecule has 140 valence electrons. The number of hydrogen-bond donors (Lipinski definition) is 2. The first-order valence-corrected chi connectivity index (χ1v) is 8.29. The van der Waals surface area contributed by atoms with Crippen molar-refractivity contribution in [2.24, 2.45) is 10.8 Å². The van der Waals surface area contributed by atoms with Crippen LogP contribution < -0.4 is 16.1 Å². The largest absolute Gasteiger partial charge is 0.380 e. The predicted octanol–water partition coefficient (Wildman–Crippen LogP) is 2.03. The Bertz CT molecular complexity index is 883. The van der Waals surface area contributed by atoms with E-state index >= 15 is 0 Å². The van der Waals surface area contributed by atoms with Crippen LogP contribution in [-0.4, -0.2) is 30.7 Å². The molecule has 3 N–H and O–H groups in total. The first-order valence-electron chi connectivity index (χ1n) is 8.29. The quantitative estimate of drug-likeness (QED) is 0.813. The van der Waals surface area contributed by atoms with E-state index in [4.69, 9.17) is 10.5 Å². The minimum absolute atomic E-state index is 0.0658. The second-order valence-electron chi connectivity index (χ2n) is 6.08. The summed E-state index contributed by atoms with van der Waals surface area (Å²) in [6.45, 7) is 0.423. The summed E-state index contributed by atoms with van der Waals surface area (Å²) in [4.78, 5) is 24.4. The number of benzene rings is 2. The third-order valence-corrected chi connectivity index (χ3v) is 4.09. The fourth-order valence-electron chi connectivity index (χ4n) is 2.81. The smallest absolute Gasteiger partial charge is 0.271 e. The number of amides is 2. The highest BCUT2D eigenvalue weighted by atomic mass is 19.1. The molecular weight excluding hydrogens is 351 g/mol. The number of halogens is 1. The van der Waals surface area contributed by atoms with E-state index in [1.54, 1.807) is 25.3 Å². The third-order valence-electron chi connectivity index (χ3n) is 4.09. The number of ether oxygens (including phenoxy) is 1. The van der Waals surface area contributed by atoms with E-state index in [0.717, 1.165) is 5.56 Å². The zero-order chi connectivity index (χ0) is 19.4. The number of rotatable bonds is 6. The van der Waals surface area contributed by atoms with E-state index in [9.17, 15) is 14.0 Å². The van der Waals surface area contributed by atoms with Gasteiger partial charge in [0.25, 0.3) is 5.91 Å². The summed E-state index contributed by atoms with van der Waals surface area (Å²) in [6, 6.07) is 11.9. The molecule has 2 aromatic carbocycles. The van der Waals surface area contributed by atoms with Crippen LogP contribution in [0.1, 0.15) is 12.0 Å². The number of primary amides is 1. The van der Waals surface area contributed by atoms with Gasteiger partial charge in [0.2, 0.25) is 5.91 Å². The van der Waals surface area contributed by atoms with E-state index in [2.05, 4.69) is 10.4 Å². The van der Waals surface area contributed by atoms with Crippen molar-refractivity contribution in [3.8, 4) is 0 Å². The van der Waals surface area contributed by atoms with Gasteiger partial charge in [0.15, 0.2) is 0 Å². The van der Waals surface area contributed by atoms with Crippen LogP contribution in [-0.2, 0) is 20.9 Å². The zero-order valence-electron chi connectivity index (χ0n) is 14.7. The summed E-state index contributed by atoms with van der Waals surface area (Å²) in [7, 11) is 1.59. The molecule has 8 heteroatoms. The number of methoxy groups -OCH3 is 1. The highest BCUT2D eigenvalue weighted by molar-refractivity contribution is 6.44. The third kappa shape index (κ3) is 4.29. The Balaban J connectivity index is 1.80. The molecule has 1 atom stereocenters. The molecule has 1 unspecified atom stereocenters. The van der Waals surface area contributed by atoms with Crippen molar-refractivity contribution in [1.82, 2.24) is 0 Å². The lowest BCUT2D eigenvalue weighted by Crippen LogP contribution is -2.39. The van der Waals surface area contributed by atoms with Crippen molar-refractivity contribution in [3.05, 3.63) is 59.9 Å². The number of hydrogen-bond acceptors (Lipinski definition) is 5. The molecule has 0 fully saturated rings. The van der Waals surface area contributed by atoms with Gasteiger partial charge in [-0.15, -0.1) is 0 Å². The highest BCUT2D eigenvalue weighted by Crippen LogP contribution is 2.25. The Labute approximate surface area is 155 Å². The van der Waals surface area contributed by atoms with Crippen LogP contribution in [0.2, 0.25) is 0 Å². The minimum Gasteiger partial charge on any atom is -0.380 e. The Morgan fingerprint density at radius 2 is 2.04 bits per heavy atom. The molecule has 27 heavy (non-hydrogen) atoms. The molecule has 0 saturated heterocycles. The van der Waals surface area contributed by atoms with Crippen molar-refractivity contribution in [2.75, 3.05) is 17.4 Å². The van der Waals surface area contributed by atoms with Crippen molar-refractivity contribution in [2.45, 2.75) is 19.1 Å². The SMILES string of the molecule is COCc1cccc(NC(=O)C2=NN(c3ccc(F)cc3)C(C(N)=O)C2)c1. The van der Waals surface area contributed by atoms with E-state index in [1.807, 2.05) is 6.07 Å². The van der Waals surface area contributed by atoms with E-state index in [1.165, 1.54) is 29.3 Å². The number of carbonyl (C=O) groups is 2. The van der Waals surface area contributed by atoms with Gasteiger partial charge >= 0.3 is 0 Å². The molecule has 7 nitrogen and oxygen atoms in total. The average molecular weight is 370 g/mol. The van der Waals surface area contributed by atoms with Gasteiger partial charge in [-0.25, -0.2) is 4.39 Å². The monoisotopic (exact) mass is 370 g/mol. The van der Waals surface area contributed by atoms with Gasteiger partial charge in [-0.3, -0.25) is 14.6 Å². The standard InChI is InChI=1S/C19H19FN4O3/c1-27-11-12-3-2-4-14(9-12)22-19(26)16-10-17(18(21)25)24(23-16)15-7-5-13(20)6-8-15/h2-9,17H,10-11H2,1H3,(H2,21,25)(H,22,26). The highest BCUT2D eigenvalue weighted by Gasteiger charge is 2.35. The van der Waals surface area contributed by atoms with Gasteiger partial charge in [0, 0.05) is 19.2 Å². The molecule has 3 rings (SSSR count). The molecule has 0 aliphatic carbocycles. The van der Waals surface area contributed by atoms with E-state index in [-0.39, 0.29) is 12.1 Å². The minimum atomic E-state index is -0.809. The molecule has 1 aliphatic heterocycles. The lowest BCUT2D eigenvalue weighted by Gasteiger charge is -2.20. The lowest BCUT2D eigenvalue weighted by molar-refractivity contribution is -0.119. The average Bonchev–Trinajstić information content (AvgIpc) is 3.09. The van der Waals surface area contributed by atoms with Crippen LogP contribution in [0.25, 0.3) is 0 Å². The van der Waals surface area contributed by atoms with Crippen LogP contribution in [0.5, 0.6) is 0 Å². The van der Waals surface area contributed by atoms with E-state index in [0.29, 0.717) is 18.0 Å². The predicted molar refractivity (Wildman–Crippen MR) is 99.7 cm³/mol. The summed E-state index contributed by atoms with van der Waals surface area (Å²) < 4.78 is 18.2. The molecule has 0 bridgehead atoms. The van der Waals surface area contributed by atoms with E-state index < -0.39 is 23.7 Å². The fraction of sp³-hybridized carbons (Fsp3) is 0.211. The van der Waals surface area contributed by atoms with Gasteiger partial charge in [-0.05, 0) is 42.0 Å². The first kappa shape index (κ1) is 18.5. The van der Waals surface area contributed by atoms with Crippen molar-refractivity contribution < 1.29 is 18.7 Å². The fourth-order valence-corrected chi connectivity index (χ4v) is 2.81.